The molecule has 0 spiro atoms. The van der Waals surface area contributed by atoms with Crippen LogP contribution in [0.25, 0.3) is 0 Å². The van der Waals surface area contributed by atoms with Crippen LogP contribution in [0.1, 0.15) is 45.4 Å². The molecule has 0 aromatic rings. The smallest absolute Gasteiger partial charge is 0.210 e. The van der Waals surface area contributed by atoms with Gasteiger partial charge in [0.25, 0.3) is 0 Å². The number of nitrogens with one attached hydrogen (secondary N) is 1. The van der Waals surface area contributed by atoms with Crippen LogP contribution in [0.3, 0.4) is 0 Å². The van der Waals surface area contributed by atoms with Crippen molar-refractivity contribution in [3.63, 3.8) is 0 Å². The van der Waals surface area contributed by atoms with E-state index in [9.17, 15) is 8.42 Å². The summed E-state index contributed by atoms with van der Waals surface area (Å²) in [6, 6.07) is 0.403. The summed E-state index contributed by atoms with van der Waals surface area (Å²) in [5, 5.41) is 8.23. The average Bonchev–Trinajstić information content (AvgIpc) is 2.43. The van der Waals surface area contributed by atoms with E-state index in [2.05, 4.69) is 12.2 Å². The Balaban J connectivity index is 2.25. The van der Waals surface area contributed by atoms with Gasteiger partial charge in [-0.25, -0.2) is 13.6 Å². The molecule has 4 nitrogen and oxygen atoms in total. The van der Waals surface area contributed by atoms with Crippen LogP contribution in [-0.4, -0.2) is 26.8 Å². The van der Waals surface area contributed by atoms with E-state index in [-0.39, 0.29) is 5.75 Å². The number of sulfonamides is 1. The Bertz CT molecular complexity index is 282. The third kappa shape index (κ3) is 5.82. The minimum atomic E-state index is -3.32. The first kappa shape index (κ1) is 13.9. The summed E-state index contributed by atoms with van der Waals surface area (Å²) in [5.74, 6) is 0.729. The molecule has 1 aliphatic rings. The molecule has 0 aromatic carbocycles. The molecule has 0 amide bonds. The summed E-state index contributed by atoms with van der Waals surface area (Å²) in [4.78, 5) is 0. The molecule has 1 saturated carbocycles. The van der Waals surface area contributed by atoms with Gasteiger partial charge in [0.2, 0.25) is 10.0 Å². The molecular formula is C11H24N2O2S. The van der Waals surface area contributed by atoms with Crippen molar-refractivity contribution in [3.05, 3.63) is 0 Å². The first-order chi connectivity index (χ1) is 7.49. The maximum Gasteiger partial charge on any atom is 0.210 e. The molecule has 0 bridgehead atoms. The fourth-order valence-electron chi connectivity index (χ4n) is 2.41. The lowest BCUT2D eigenvalue weighted by Gasteiger charge is -2.23. The lowest BCUT2D eigenvalue weighted by Crippen LogP contribution is -2.37. The summed E-state index contributed by atoms with van der Waals surface area (Å²) >= 11 is 0. The maximum absolute atomic E-state index is 10.8. The van der Waals surface area contributed by atoms with Crippen LogP contribution in [0, 0.1) is 5.92 Å². The van der Waals surface area contributed by atoms with Crippen LogP contribution >= 0.6 is 0 Å². The molecule has 16 heavy (non-hydrogen) atoms. The van der Waals surface area contributed by atoms with E-state index in [1.165, 1.54) is 38.5 Å². The van der Waals surface area contributed by atoms with Crippen molar-refractivity contribution in [2.24, 2.45) is 11.1 Å². The molecule has 1 atom stereocenters. The normalized spacial score (nSPS) is 21.6. The molecule has 0 unspecified atom stereocenters. The van der Waals surface area contributed by atoms with Gasteiger partial charge in [-0.2, -0.15) is 0 Å². The minimum Gasteiger partial charge on any atom is -0.313 e. The molecule has 0 heterocycles. The lowest BCUT2D eigenvalue weighted by molar-refractivity contribution is 0.343. The third-order valence-electron chi connectivity index (χ3n) is 3.46. The molecule has 0 aliphatic heterocycles. The zero-order valence-electron chi connectivity index (χ0n) is 10.1. The zero-order valence-corrected chi connectivity index (χ0v) is 10.9. The van der Waals surface area contributed by atoms with Crippen LogP contribution in [-0.2, 0) is 10.0 Å². The molecule has 96 valence electrons. The summed E-state index contributed by atoms with van der Waals surface area (Å²) in [5.41, 5.74) is 0. The van der Waals surface area contributed by atoms with Crippen LogP contribution in [0.15, 0.2) is 0 Å². The van der Waals surface area contributed by atoms with Gasteiger partial charge in [0.1, 0.15) is 0 Å². The number of nitrogens with two attached hydrogens (primary N) is 1. The molecule has 5 heteroatoms. The van der Waals surface area contributed by atoms with Crippen LogP contribution in [0.5, 0.6) is 0 Å². The standard InChI is InChI=1S/C11H24N2O2S/c1-10(13-8-9-16(12,14)15)11-6-4-2-3-5-7-11/h10-11,13H,2-9H2,1H3,(H2,12,14,15)/t10-/m0/s1. The topological polar surface area (TPSA) is 72.2 Å². The molecule has 1 fully saturated rings. The van der Waals surface area contributed by atoms with Gasteiger partial charge >= 0.3 is 0 Å². The van der Waals surface area contributed by atoms with E-state index >= 15 is 0 Å². The van der Waals surface area contributed by atoms with Crippen LogP contribution < -0.4 is 10.5 Å². The molecular weight excluding hydrogens is 224 g/mol. The Kier molecular flexibility index (Phi) is 5.72. The highest BCUT2D eigenvalue weighted by Crippen LogP contribution is 2.25. The summed E-state index contributed by atoms with van der Waals surface area (Å²) in [6.45, 7) is 2.62. The Morgan fingerprint density at radius 3 is 2.31 bits per heavy atom. The monoisotopic (exact) mass is 248 g/mol. The number of primary sulfonamides is 1. The van der Waals surface area contributed by atoms with E-state index in [0.29, 0.717) is 18.5 Å². The van der Waals surface area contributed by atoms with Crippen molar-refractivity contribution in [2.45, 2.75) is 51.5 Å². The minimum absolute atomic E-state index is 0.0318. The SMILES string of the molecule is C[C@H](NCCS(N)(=O)=O)C1CCCCCC1. The predicted octanol–water partition coefficient (Wildman–Crippen LogP) is 1.22. The van der Waals surface area contributed by atoms with E-state index in [0.717, 1.165) is 0 Å². The van der Waals surface area contributed by atoms with Gasteiger partial charge in [0.05, 0.1) is 5.75 Å². The number of hydrogen-bond acceptors (Lipinski definition) is 3. The molecule has 0 radical (unpaired) electrons. The largest absolute Gasteiger partial charge is 0.313 e. The molecule has 3 N–H and O–H groups in total. The molecule has 1 aliphatic carbocycles. The van der Waals surface area contributed by atoms with Gasteiger partial charge in [0.15, 0.2) is 0 Å². The van der Waals surface area contributed by atoms with E-state index in [1.807, 2.05) is 0 Å². The van der Waals surface area contributed by atoms with Crippen LogP contribution in [0.2, 0.25) is 0 Å². The van der Waals surface area contributed by atoms with Gasteiger partial charge in [0, 0.05) is 12.6 Å². The second-order valence-electron chi connectivity index (χ2n) is 4.86. The fraction of sp³-hybridized carbons (Fsp3) is 1.00. The molecule has 0 aromatic heterocycles. The Labute approximate surface area is 99.0 Å². The van der Waals surface area contributed by atoms with Crippen molar-refractivity contribution in [1.82, 2.24) is 5.32 Å². The zero-order chi connectivity index (χ0) is 12.0. The summed E-state index contributed by atoms with van der Waals surface area (Å²) < 4.78 is 21.6. The quantitative estimate of drug-likeness (QED) is 0.719. The Morgan fingerprint density at radius 2 is 1.81 bits per heavy atom. The van der Waals surface area contributed by atoms with E-state index in [1.54, 1.807) is 0 Å². The fourth-order valence-corrected chi connectivity index (χ4v) is 2.81. The van der Waals surface area contributed by atoms with Crippen molar-refractivity contribution in [2.75, 3.05) is 12.3 Å². The van der Waals surface area contributed by atoms with Crippen molar-refractivity contribution >= 4 is 10.0 Å². The van der Waals surface area contributed by atoms with Gasteiger partial charge in [-0.1, -0.05) is 25.7 Å². The first-order valence-electron chi connectivity index (χ1n) is 6.23. The average molecular weight is 248 g/mol. The lowest BCUT2D eigenvalue weighted by atomic mass is 9.93. The molecule has 0 saturated heterocycles. The maximum atomic E-state index is 10.8. The van der Waals surface area contributed by atoms with Crippen molar-refractivity contribution < 1.29 is 8.42 Å². The second-order valence-corrected chi connectivity index (χ2v) is 6.60. The summed E-state index contributed by atoms with van der Waals surface area (Å²) in [7, 11) is -3.32. The van der Waals surface area contributed by atoms with Gasteiger partial charge in [-0.15, -0.1) is 0 Å². The van der Waals surface area contributed by atoms with Crippen LogP contribution in [0.4, 0.5) is 0 Å². The van der Waals surface area contributed by atoms with Crippen molar-refractivity contribution in [3.8, 4) is 0 Å². The molecule has 1 rings (SSSR count). The number of rotatable bonds is 5. The van der Waals surface area contributed by atoms with E-state index < -0.39 is 10.0 Å². The Hall–Kier alpha value is -0.130. The highest BCUT2D eigenvalue weighted by molar-refractivity contribution is 7.89. The van der Waals surface area contributed by atoms with Gasteiger partial charge in [-0.05, 0) is 25.7 Å². The van der Waals surface area contributed by atoms with Gasteiger partial charge < -0.3 is 5.32 Å². The summed E-state index contributed by atoms with van der Waals surface area (Å²) in [6.07, 6.45) is 7.85. The second kappa shape index (κ2) is 6.57. The number of hydrogen-bond donors (Lipinski definition) is 2. The first-order valence-corrected chi connectivity index (χ1v) is 7.94. The Morgan fingerprint density at radius 1 is 1.25 bits per heavy atom. The third-order valence-corrected chi connectivity index (χ3v) is 4.23. The van der Waals surface area contributed by atoms with E-state index in [4.69, 9.17) is 5.14 Å². The highest BCUT2D eigenvalue weighted by atomic mass is 32.2. The highest BCUT2D eigenvalue weighted by Gasteiger charge is 2.18. The van der Waals surface area contributed by atoms with Gasteiger partial charge in [-0.3, -0.25) is 0 Å². The van der Waals surface area contributed by atoms with Crippen molar-refractivity contribution in [1.29, 1.82) is 0 Å². The predicted molar refractivity (Wildman–Crippen MR) is 66.6 cm³/mol.